The molecule has 0 spiro atoms. The molecule has 1 atom stereocenters. The summed E-state index contributed by atoms with van der Waals surface area (Å²) < 4.78 is 0. The zero-order chi connectivity index (χ0) is 11.4. The maximum atomic E-state index is 11.8. The number of likely N-dealkylation sites (N-methyl/N-ethyl adjacent to an activating group) is 1. The van der Waals surface area contributed by atoms with Crippen LogP contribution in [0.4, 0.5) is 0 Å². The molecule has 0 aromatic carbocycles. The van der Waals surface area contributed by atoms with E-state index in [2.05, 4.69) is 0 Å². The first-order valence-electron chi connectivity index (χ1n) is 5.67. The smallest absolute Gasteiger partial charge is 0.242 e. The lowest BCUT2D eigenvalue weighted by atomic mass is 10.2. The van der Waals surface area contributed by atoms with Crippen molar-refractivity contribution in [1.29, 1.82) is 0 Å². The second-order valence-corrected chi connectivity index (χ2v) is 3.98. The van der Waals surface area contributed by atoms with E-state index in [-0.39, 0.29) is 24.4 Å². The molecule has 1 unspecified atom stereocenters. The molecule has 1 aliphatic heterocycles. The summed E-state index contributed by atoms with van der Waals surface area (Å²) in [6, 6.07) is 0.219. The van der Waals surface area contributed by atoms with E-state index >= 15 is 0 Å². The number of carbonyl (C=O) groups excluding carboxylic acids is 2. The molecule has 0 aromatic rings. The van der Waals surface area contributed by atoms with Crippen molar-refractivity contribution in [3.63, 3.8) is 0 Å². The number of hydrogen-bond acceptors (Lipinski definition) is 2. The quantitative estimate of drug-likeness (QED) is 0.693. The van der Waals surface area contributed by atoms with E-state index in [1.54, 1.807) is 9.80 Å². The molecule has 4 nitrogen and oxygen atoms in total. The second kappa shape index (κ2) is 5.14. The average Bonchev–Trinajstić information content (AvgIpc) is 2.51. The highest BCUT2D eigenvalue weighted by Gasteiger charge is 2.29. The number of rotatable bonds is 4. The maximum absolute atomic E-state index is 11.8. The molecular formula is C11H20N2O2. The zero-order valence-electron chi connectivity index (χ0n) is 9.82. The van der Waals surface area contributed by atoms with Gasteiger partial charge in [-0.25, -0.2) is 0 Å². The largest absolute Gasteiger partial charge is 0.342 e. The van der Waals surface area contributed by atoms with Gasteiger partial charge in [-0.1, -0.05) is 0 Å². The Bertz CT molecular complexity index is 249. The minimum absolute atomic E-state index is 0.0575. The Morgan fingerprint density at radius 3 is 2.47 bits per heavy atom. The predicted octanol–water partition coefficient (Wildman–Crippen LogP) is 0.866. The molecule has 1 heterocycles. The number of amides is 2. The Labute approximate surface area is 91.2 Å². The normalized spacial score (nSPS) is 20.9. The van der Waals surface area contributed by atoms with E-state index in [0.29, 0.717) is 19.5 Å². The summed E-state index contributed by atoms with van der Waals surface area (Å²) in [6.45, 7) is 7.59. The summed E-state index contributed by atoms with van der Waals surface area (Å²) in [7, 11) is 0. The van der Waals surface area contributed by atoms with Crippen LogP contribution >= 0.6 is 0 Å². The van der Waals surface area contributed by atoms with E-state index < -0.39 is 0 Å². The second-order valence-electron chi connectivity index (χ2n) is 3.98. The molecular weight excluding hydrogens is 192 g/mol. The van der Waals surface area contributed by atoms with Crippen LogP contribution in [-0.4, -0.2) is 47.3 Å². The summed E-state index contributed by atoms with van der Waals surface area (Å²) in [5.74, 6) is 0.171. The molecule has 1 aliphatic rings. The van der Waals surface area contributed by atoms with Gasteiger partial charge in [-0.05, 0) is 27.2 Å². The lowest BCUT2D eigenvalue weighted by Crippen LogP contribution is -2.43. The molecule has 1 fully saturated rings. The fraction of sp³-hybridized carbons (Fsp3) is 0.818. The molecule has 0 N–H and O–H groups in total. The van der Waals surface area contributed by atoms with Crippen molar-refractivity contribution in [2.24, 2.45) is 0 Å². The minimum atomic E-state index is 0.0575. The third-order valence-corrected chi connectivity index (χ3v) is 3.05. The molecule has 1 rings (SSSR count). The van der Waals surface area contributed by atoms with Gasteiger partial charge in [0.15, 0.2) is 0 Å². The lowest BCUT2D eigenvalue weighted by molar-refractivity contribution is -0.139. The predicted molar refractivity (Wildman–Crippen MR) is 58.3 cm³/mol. The van der Waals surface area contributed by atoms with Crippen LogP contribution in [0.15, 0.2) is 0 Å². The fourth-order valence-electron chi connectivity index (χ4n) is 1.94. The molecule has 2 amide bonds. The summed E-state index contributed by atoms with van der Waals surface area (Å²) in [5.41, 5.74) is 0. The Balaban J connectivity index is 2.53. The van der Waals surface area contributed by atoms with Crippen LogP contribution in [0.25, 0.3) is 0 Å². The van der Waals surface area contributed by atoms with Crippen LogP contribution in [0.1, 0.15) is 33.6 Å². The summed E-state index contributed by atoms with van der Waals surface area (Å²) >= 11 is 0. The number of carbonyl (C=O) groups is 2. The first-order valence-corrected chi connectivity index (χ1v) is 5.67. The molecule has 0 saturated carbocycles. The monoisotopic (exact) mass is 212 g/mol. The highest BCUT2D eigenvalue weighted by atomic mass is 16.2. The highest BCUT2D eigenvalue weighted by Crippen LogP contribution is 2.17. The van der Waals surface area contributed by atoms with Gasteiger partial charge in [-0.15, -0.1) is 0 Å². The van der Waals surface area contributed by atoms with Crippen molar-refractivity contribution in [3.05, 3.63) is 0 Å². The van der Waals surface area contributed by atoms with Gasteiger partial charge in [0.05, 0.1) is 6.54 Å². The van der Waals surface area contributed by atoms with Crippen molar-refractivity contribution in [2.75, 3.05) is 19.6 Å². The van der Waals surface area contributed by atoms with Gasteiger partial charge < -0.3 is 9.80 Å². The van der Waals surface area contributed by atoms with Gasteiger partial charge in [-0.2, -0.15) is 0 Å². The first-order chi connectivity index (χ1) is 7.10. The van der Waals surface area contributed by atoms with E-state index in [9.17, 15) is 9.59 Å². The van der Waals surface area contributed by atoms with Crippen LogP contribution in [0, 0.1) is 0 Å². The molecule has 15 heavy (non-hydrogen) atoms. The van der Waals surface area contributed by atoms with Crippen LogP contribution in [0.5, 0.6) is 0 Å². The third kappa shape index (κ3) is 2.70. The van der Waals surface area contributed by atoms with Gasteiger partial charge in [-0.3, -0.25) is 9.59 Å². The lowest BCUT2D eigenvalue weighted by Gasteiger charge is -2.25. The zero-order valence-corrected chi connectivity index (χ0v) is 9.82. The summed E-state index contributed by atoms with van der Waals surface area (Å²) in [5, 5.41) is 0. The number of nitrogens with zero attached hydrogens (tertiary/aromatic N) is 2. The Morgan fingerprint density at radius 1 is 1.47 bits per heavy atom. The van der Waals surface area contributed by atoms with E-state index in [1.165, 1.54) is 0 Å². The van der Waals surface area contributed by atoms with Crippen LogP contribution in [0.3, 0.4) is 0 Å². The van der Waals surface area contributed by atoms with Gasteiger partial charge in [0, 0.05) is 25.6 Å². The standard InChI is InChI=1S/C11H20N2O2/c1-4-12(5-2)11(15)8-13-9(3)6-7-10(13)14/h9H,4-8H2,1-3H3. The van der Waals surface area contributed by atoms with Crippen molar-refractivity contribution in [1.82, 2.24) is 9.80 Å². The molecule has 0 bridgehead atoms. The van der Waals surface area contributed by atoms with E-state index in [0.717, 1.165) is 6.42 Å². The van der Waals surface area contributed by atoms with Crippen molar-refractivity contribution in [3.8, 4) is 0 Å². The molecule has 0 radical (unpaired) electrons. The van der Waals surface area contributed by atoms with Gasteiger partial charge >= 0.3 is 0 Å². The van der Waals surface area contributed by atoms with Crippen molar-refractivity contribution in [2.45, 2.75) is 39.7 Å². The first kappa shape index (κ1) is 12.0. The van der Waals surface area contributed by atoms with E-state index in [4.69, 9.17) is 0 Å². The van der Waals surface area contributed by atoms with Crippen LogP contribution < -0.4 is 0 Å². The molecule has 0 aromatic heterocycles. The maximum Gasteiger partial charge on any atom is 0.242 e. The minimum Gasteiger partial charge on any atom is -0.342 e. The number of likely N-dealkylation sites (tertiary alicyclic amines) is 1. The Hall–Kier alpha value is -1.06. The topological polar surface area (TPSA) is 40.6 Å². The van der Waals surface area contributed by atoms with Crippen LogP contribution in [-0.2, 0) is 9.59 Å². The molecule has 1 saturated heterocycles. The van der Waals surface area contributed by atoms with Gasteiger partial charge in [0.1, 0.15) is 0 Å². The molecule has 0 aliphatic carbocycles. The average molecular weight is 212 g/mol. The Morgan fingerprint density at radius 2 is 2.07 bits per heavy atom. The third-order valence-electron chi connectivity index (χ3n) is 3.05. The molecule has 86 valence electrons. The van der Waals surface area contributed by atoms with Crippen LogP contribution in [0.2, 0.25) is 0 Å². The SMILES string of the molecule is CCN(CC)C(=O)CN1C(=O)CCC1C. The summed E-state index contributed by atoms with van der Waals surface area (Å²) in [4.78, 5) is 26.7. The van der Waals surface area contributed by atoms with Gasteiger partial charge in [0.25, 0.3) is 0 Å². The van der Waals surface area contributed by atoms with Crippen molar-refractivity contribution < 1.29 is 9.59 Å². The Kier molecular flexibility index (Phi) is 4.12. The highest BCUT2D eigenvalue weighted by molar-refractivity contribution is 5.86. The fourth-order valence-corrected chi connectivity index (χ4v) is 1.94. The van der Waals surface area contributed by atoms with E-state index in [1.807, 2.05) is 20.8 Å². The van der Waals surface area contributed by atoms with Crippen molar-refractivity contribution >= 4 is 11.8 Å². The van der Waals surface area contributed by atoms with Gasteiger partial charge in [0.2, 0.25) is 11.8 Å². The molecule has 4 heteroatoms. The summed E-state index contributed by atoms with van der Waals surface area (Å²) in [6.07, 6.45) is 1.47. The number of hydrogen-bond donors (Lipinski definition) is 0.